The van der Waals surface area contributed by atoms with Gasteiger partial charge in [-0.15, -0.1) is 0 Å². The maximum atomic E-state index is 11.6. The molecule has 0 bridgehead atoms. The van der Waals surface area contributed by atoms with E-state index in [1.165, 1.54) is 31.4 Å². The molecule has 1 aromatic rings. The van der Waals surface area contributed by atoms with Crippen LogP contribution in [0.15, 0.2) is 24.3 Å². The molecule has 7 nitrogen and oxygen atoms in total. The number of nitro groups is 1. The molecule has 0 aliphatic heterocycles. The number of nitrogens with zero attached hydrogens (tertiary/aromatic N) is 1. The molecule has 0 aliphatic carbocycles. The second kappa shape index (κ2) is 6.43. The van der Waals surface area contributed by atoms with E-state index in [-0.39, 0.29) is 18.0 Å². The molecule has 0 radical (unpaired) electrons. The number of benzene rings is 1. The summed E-state index contributed by atoms with van der Waals surface area (Å²) in [7, 11) is -1.96. The summed E-state index contributed by atoms with van der Waals surface area (Å²) in [6, 6.07) is 5.40. The summed E-state index contributed by atoms with van der Waals surface area (Å²) < 4.78 is 30.3. The summed E-state index contributed by atoms with van der Waals surface area (Å²) in [6.07, 6.45) is 0. The molecule has 100 valence electrons. The number of nitro benzene ring substituents is 1. The van der Waals surface area contributed by atoms with Crippen molar-refractivity contribution in [3.8, 4) is 0 Å². The van der Waals surface area contributed by atoms with Crippen LogP contribution in [0.25, 0.3) is 0 Å². The largest absolute Gasteiger partial charge is 0.383 e. The molecular formula is C10H14N2O5S. The Morgan fingerprint density at radius 3 is 2.44 bits per heavy atom. The number of rotatable bonds is 7. The minimum atomic E-state index is -3.44. The van der Waals surface area contributed by atoms with Gasteiger partial charge in [-0.1, -0.05) is 12.1 Å². The van der Waals surface area contributed by atoms with Gasteiger partial charge in [-0.05, 0) is 5.56 Å². The van der Waals surface area contributed by atoms with E-state index in [1.807, 2.05) is 0 Å². The van der Waals surface area contributed by atoms with Crippen LogP contribution in [0.5, 0.6) is 0 Å². The van der Waals surface area contributed by atoms with E-state index < -0.39 is 14.9 Å². The molecule has 0 unspecified atom stereocenters. The van der Waals surface area contributed by atoms with Crippen LogP contribution in [-0.2, 0) is 20.5 Å². The van der Waals surface area contributed by atoms with E-state index in [4.69, 9.17) is 4.74 Å². The highest BCUT2D eigenvalue weighted by Crippen LogP contribution is 2.13. The first-order chi connectivity index (χ1) is 8.44. The molecule has 0 spiro atoms. The highest BCUT2D eigenvalue weighted by molar-refractivity contribution is 7.88. The molecular weight excluding hydrogens is 260 g/mol. The Morgan fingerprint density at radius 2 is 1.94 bits per heavy atom. The zero-order chi connectivity index (χ0) is 13.6. The predicted octanol–water partition coefficient (Wildman–Crippen LogP) is 0.661. The topological polar surface area (TPSA) is 98.5 Å². The lowest BCUT2D eigenvalue weighted by Crippen LogP contribution is -2.28. The minimum Gasteiger partial charge on any atom is -0.383 e. The Hall–Kier alpha value is -1.51. The molecule has 0 saturated carbocycles. The highest BCUT2D eigenvalue weighted by Gasteiger charge is 2.12. The molecule has 0 atom stereocenters. The summed E-state index contributed by atoms with van der Waals surface area (Å²) >= 11 is 0. The molecule has 0 aromatic heterocycles. The zero-order valence-corrected chi connectivity index (χ0v) is 10.6. The van der Waals surface area contributed by atoms with Gasteiger partial charge in [0.05, 0.1) is 17.3 Å². The average molecular weight is 274 g/mol. The van der Waals surface area contributed by atoms with Crippen molar-refractivity contribution in [1.82, 2.24) is 4.72 Å². The molecule has 0 aliphatic rings. The predicted molar refractivity (Wildman–Crippen MR) is 65.6 cm³/mol. The van der Waals surface area contributed by atoms with Gasteiger partial charge < -0.3 is 4.74 Å². The molecule has 0 saturated heterocycles. The monoisotopic (exact) mass is 274 g/mol. The summed E-state index contributed by atoms with van der Waals surface area (Å²) in [4.78, 5) is 9.90. The molecule has 0 amide bonds. The Bertz CT molecular complexity index is 498. The van der Waals surface area contributed by atoms with Gasteiger partial charge in [0.25, 0.3) is 5.69 Å². The summed E-state index contributed by atoms with van der Waals surface area (Å²) in [5.74, 6) is -0.214. The molecule has 18 heavy (non-hydrogen) atoms. The lowest BCUT2D eigenvalue weighted by atomic mass is 10.2. The van der Waals surface area contributed by atoms with Crippen molar-refractivity contribution in [2.45, 2.75) is 5.75 Å². The van der Waals surface area contributed by atoms with Gasteiger partial charge in [-0.25, -0.2) is 13.1 Å². The fourth-order valence-electron chi connectivity index (χ4n) is 1.28. The van der Waals surface area contributed by atoms with Gasteiger partial charge in [-0.3, -0.25) is 10.1 Å². The number of non-ortho nitro benzene ring substituents is 1. The zero-order valence-electron chi connectivity index (χ0n) is 9.83. The van der Waals surface area contributed by atoms with Crippen LogP contribution in [0, 0.1) is 10.1 Å². The first-order valence-corrected chi connectivity index (χ1v) is 6.79. The molecule has 0 fully saturated rings. The van der Waals surface area contributed by atoms with Crippen molar-refractivity contribution in [2.24, 2.45) is 0 Å². The van der Waals surface area contributed by atoms with Gasteiger partial charge in [0, 0.05) is 25.8 Å². The smallest absolute Gasteiger partial charge is 0.269 e. The third-order valence-corrected chi connectivity index (χ3v) is 3.49. The van der Waals surface area contributed by atoms with Crippen LogP contribution in [0.1, 0.15) is 5.56 Å². The highest BCUT2D eigenvalue weighted by atomic mass is 32.2. The third-order valence-electron chi connectivity index (χ3n) is 2.13. The normalized spacial score (nSPS) is 11.4. The van der Waals surface area contributed by atoms with Gasteiger partial charge in [0.2, 0.25) is 10.0 Å². The van der Waals surface area contributed by atoms with Crippen molar-refractivity contribution >= 4 is 15.7 Å². The number of hydrogen-bond acceptors (Lipinski definition) is 5. The standard InChI is InChI=1S/C10H14N2O5S/c1-17-7-6-11-18(15,16)8-9-2-4-10(5-3-9)12(13)14/h2-5,11H,6-8H2,1H3. The molecule has 8 heteroatoms. The minimum absolute atomic E-state index is 0.0662. The van der Waals surface area contributed by atoms with Gasteiger partial charge in [-0.2, -0.15) is 0 Å². The lowest BCUT2D eigenvalue weighted by Gasteiger charge is -2.06. The molecule has 1 aromatic carbocycles. The van der Waals surface area contributed by atoms with Crippen LogP contribution < -0.4 is 4.72 Å². The average Bonchev–Trinajstić information content (AvgIpc) is 2.29. The van der Waals surface area contributed by atoms with E-state index in [2.05, 4.69) is 4.72 Å². The maximum absolute atomic E-state index is 11.6. The lowest BCUT2D eigenvalue weighted by molar-refractivity contribution is -0.384. The first kappa shape index (κ1) is 14.6. The number of methoxy groups -OCH3 is 1. The van der Waals surface area contributed by atoms with Gasteiger partial charge in [0.15, 0.2) is 0 Å². The van der Waals surface area contributed by atoms with Crippen LogP contribution in [-0.4, -0.2) is 33.6 Å². The summed E-state index contributed by atoms with van der Waals surface area (Å²) in [6.45, 7) is 0.491. The summed E-state index contributed by atoms with van der Waals surface area (Å²) in [5.41, 5.74) is 0.425. The maximum Gasteiger partial charge on any atom is 0.269 e. The van der Waals surface area contributed by atoms with Crippen LogP contribution in [0.4, 0.5) is 5.69 Å². The Morgan fingerprint density at radius 1 is 1.33 bits per heavy atom. The SMILES string of the molecule is COCCNS(=O)(=O)Cc1ccc([N+](=O)[O-])cc1. The van der Waals surface area contributed by atoms with E-state index in [9.17, 15) is 18.5 Å². The molecule has 1 N–H and O–H groups in total. The number of sulfonamides is 1. The van der Waals surface area contributed by atoms with E-state index in [0.29, 0.717) is 12.2 Å². The number of nitrogens with one attached hydrogen (secondary N) is 1. The van der Waals surface area contributed by atoms with Gasteiger partial charge >= 0.3 is 0 Å². The van der Waals surface area contributed by atoms with Gasteiger partial charge in [0.1, 0.15) is 0 Å². The number of hydrogen-bond donors (Lipinski definition) is 1. The van der Waals surface area contributed by atoms with E-state index in [0.717, 1.165) is 0 Å². The quantitative estimate of drug-likeness (QED) is 0.447. The van der Waals surface area contributed by atoms with E-state index >= 15 is 0 Å². The van der Waals surface area contributed by atoms with Crippen LogP contribution in [0.3, 0.4) is 0 Å². The van der Waals surface area contributed by atoms with Crippen molar-refractivity contribution < 1.29 is 18.1 Å². The fourth-order valence-corrected chi connectivity index (χ4v) is 2.41. The van der Waals surface area contributed by atoms with Crippen LogP contribution >= 0.6 is 0 Å². The Kier molecular flexibility index (Phi) is 5.20. The van der Waals surface area contributed by atoms with Crippen molar-refractivity contribution in [3.63, 3.8) is 0 Å². The molecule has 0 heterocycles. The second-order valence-electron chi connectivity index (χ2n) is 3.57. The number of ether oxygens (including phenoxy) is 1. The summed E-state index contributed by atoms with van der Waals surface area (Å²) in [5, 5.41) is 10.4. The fraction of sp³-hybridized carbons (Fsp3) is 0.400. The van der Waals surface area contributed by atoms with Crippen LogP contribution in [0.2, 0.25) is 0 Å². The Balaban J connectivity index is 2.63. The third kappa shape index (κ3) is 4.78. The second-order valence-corrected chi connectivity index (χ2v) is 5.38. The Labute approximate surface area is 105 Å². The van der Waals surface area contributed by atoms with Crippen molar-refractivity contribution in [1.29, 1.82) is 0 Å². The van der Waals surface area contributed by atoms with Crippen molar-refractivity contribution in [2.75, 3.05) is 20.3 Å². The first-order valence-electron chi connectivity index (χ1n) is 5.14. The van der Waals surface area contributed by atoms with Crippen molar-refractivity contribution in [3.05, 3.63) is 39.9 Å². The van der Waals surface area contributed by atoms with E-state index in [1.54, 1.807) is 0 Å². The molecule has 1 rings (SSSR count).